The molecule has 5 nitrogen and oxygen atoms in total. The van der Waals surface area contributed by atoms with Crippen molar-refractivity contribution in [3.8, 4) is 0 Å². The van der Waals surface area contributed by atoms with Crippen molar-refractivity contribution < 1.29 is 19.4 Å². The van der Waals surface area contributed by atoms with Crippen molar-refractivity contribution in [1.29, 1.82) is 0 Å². The highest BCUT2D eigenvalue weighted by Crippen LogP contribution is 2.14. The molecule has 0 saturated heterocycles. The molecule has 0 bridgehead atoms. The van der Waals surface area contributed by atoms with Gasteiger partial charge >= 0.3 is 12.1 Å². The van der Waals surface area contributed by atoms with Crippen molar-refractivity contribution in [1.82, 2.24) is 5.32 Å². The lowest BCUT2D eigenvalue weighted by Crippen LogP contribution is -2.53. The van der Waals surface area contributed by atoms with Crippen LogP contribution in [-0.2, 0) is 16.0 Å². The van der Waals surface area contributed by atoms with Crippen molar-refractivity contribution in [2.24, 2.45) is 0 Å². The van der Waals surface area contributed by atoms with Crippen molar-refractivity contribution >= 4 is 12.1 Å². The maximum Gasteiger partial charge on any atom is 0.408 e. The first kappa shape index (κ1) is 14.0. The quantitative estimate of drug-likeness (QED) is 0.837. The molecule has 0 aliphatic rings. The van der Waals surface area contributed by atoms with Gasteiger partial charge in [-0.1, -0.05) is 30.3 Å². The molecule has 0 radical (unpaired) electrons. The summed E-state index contributed by atoms with van der Waals surface area (Å²) in [6, 6.07) is 9.12. The molecule has 1 atom stereocenters. The number of aliphatic carboxylic acids is 1. The minimum atomic E-state index is -1.38. The molecule has 0 unspecified atom stereocenters. The molecule has 0 spiro atoms. The first-order valence-corrected chi connectivity index (χ1v) is 5.70. The average molecular weight is 251 g/mol. The van der Waals surface area contributed by atoms with E-state index in [1.807, 2.05) is 30.3 Å². The van der Waals surface area contributed by atoms with E-state index in [1.54, 1.807) is 6.92 Å². The molecule has 0 fully saturated rings. The molecule has 98 valence electrons. The summed E-state index contributed by atoms with van der Waals surface area (Å²) < 4.78 is 4.71. The average Bonchev–Trinajstić information content (AvgIpc) is 2.30. The zero-order valence-corrected chi connectivity index (χ0v) is 10.5. The zero-order valence-electron chi connectivity index (χ0n) is 10.5. The van der Waals surface area contributed by atoms with E-state index in [0.717, 1.165) is 5.56 Å². The SMILES string of the molecule is CCOC(=O)N[C@@](C)(Cc1ccccc1)C(=O)O. The maximum atomic E-state index is 11.4. The van der Waals surface area contributed by atoms with Crippen molar-refractivity contribution in [3.05, 3.63) is 35.9 Å². The highest BCUT2D eigenvalue weighted by molar-refractivity contribution is 5.84. The number of benzene rings is 1. The van der Waals surface area contributed by atoms with Gasteiger partial charge in [-0.2, -0.15) is 0 Å². The van der Waals surface area contributed by atoms with Gasteiger partial charge in [0.25, 0.3) is 0 Å². The third-order valence-corrected chi connectivity index (χ3v) is 2.53. The Morgan fingerprint density at radius 1 is 1.33 bits per heavy atom. The van der Waals surface area contributed by atoms with Gasteiger partial charge < -0.3 is 15.2 Å². The third-order valence-electron chi connectivity index (χ3n) is 2.53. The Labute approximate surface area is 106 Å². The van der Waals surface area contributed by atoms with Gasteiger partial charge in [0.2, 0.25) is 0 Å². The van der Waals surface area contributed by atoms with E-state index in [0.29, 0.717) is 0 Å². The van der Waals surface area contributed by atoms with Crippen molar-refractivity contribution in [2.45, 2.75) is 25.8 Å². The second kappa shape index (κ2) is 6.05. The van der Waals surface area contributed by atoms with Gasteiger partial charge in [-0.05, 0) is 19.4 Å². The number of carbonyl (C=O) groups excluding carboxylic acids is 1. The molecular weight excluding hydrogens is 234 g/mol. The van der Waals surface area contributed by atoms with E-state index in [1.165, 1.54) is 6.92 Å². The van der Waals surface area contributed by atoms with Crippen LogP contribution in [0.25, 0.3) is 0 Å². The fourth-order valence-electron chi connectivity index (χ4n) is 1.57. The van der Waals surface area contributed by atoms with Gasteiger partial charge in [0.15, 0.2) is 0 Å². The van der Waals surface area contributed by atoms with Crippen LogP contribution in [0.1, 0.15) is 19.4 Å². The molecule has 18 heavy (non-hydrogen) atoms. The number of carboxylic acids is 1. The van der Waals surface area contributed by atoms with Crippen LogP contribution in [0.4, 0.5) is 4.79 Å². The molecule has 0 saturated carbocycles. The normalized spacial score (nSPS) is 13.4. The summed E-state index contributed by atoms with van der Waals surface area (Å²) in [5.41, 5.74) is -0.549. The molecule has 0 aliphatic heterocycles. The Kier molecular flexibility index (Phi) is 4.71. The number of carbonyl (C=O) groups is 2. The van der Waals surface area contributed by atoms with E-state index in [2.05, 4.69) is 5.32 Å². The van der Waals surface area contributed by atoms with Crippen LogP contribution >= 0.6 is 0 Å². The standard InChI is InChI=1S/C13H17NO4/c1-3-18-12(17)14-13(2,11(15)16)9-10-7-5-4-6-8-10/h4-8H,3,9H2,1-2H3,(H,14,17)(H,15,16)/t13-/m0/s1. The second-order valence-electron chi connectivity index (χ2n) is 4.15. The second-order valence-corrected chi connectivity index (χ2v) is 4.15. The van der Waals surface area contributed by atoms with Crippen LogP contribution in [0, 0.1) is 0 Å². The van der Waals surface area contributed by atoms with Gasteiger partial charge in [0.1, 0.15) is 5.54 Å². The van der Waals surface area contributed by atoms with Crippen LogP contribution in [0.2, 0.25) is 0 Å². The summed E-state index contributed by atoms with van der Waals surface area (Å²) >= 11 is 0. The van der Waals surface area contributed by atoms with E-state index in [9.17, 15) is 14.7 Å². The minimum absolute atomic E-state index is 0.196. The Bertz CT molecular complexity index is 418. The summed E-state index contributed by atoms with van der Waals surface area (Å²) in [7, 11) is 0. The number of hydrogen-bond acceptors (Lipinski definition) is 3. The van der Waals surface area contributed by atoms with Crippen molar-refractivity contribution in [3.63, 3.8) is 0 Å². The fourth-order valence-corrected chi connectivity index (χ4v) is 1.57. The van der Waals surface area contributed by atoms with Crippen LogP contribution in [0.5, 0.6) is 0 Å². The highest BCUT2D eigenvalue weighted by atomic mass is 16.5. The van der Waals surface area contributed by atoms with Crippen LogP contribution in [-0.4, -0.2) is 29.3 Å². The Hall–Kier alpha value is -2.04. The van der Waals surface area contributed by atoms with E-state index in [-0.39, 0.29) is 13.0 Å². The summed E-state index contributed by atoms with van der Waals surface area (Å²) in [5.74, 6) is -1.10. The lowest BCUT2D eigenvalue weighted by molar-refractivity contribution is -0.143. The number of ether oxygens (including phenoxy) is 1. The molecule has 1 rings (SSSR count). The molecule has 1 aromatic carbocycles. The van der Waals surface area contributed by atoms with Gasteiger partial charge in [-0.3, -0.25) is 0 Å². The molecule has 0 aromatic heterocycles. The van der Waals surface area contributed by atoms with E-state index < -0.39 is 17.6 Å². The fraction of sp³-hybridized carbons (Fsp3) is 0.385. The Balaban J connectivity index is 2.81. The first-order valence-electron chi connectivity index (χ1n) is 5.70. The molecule has 0 heterocycles. The number of nitrogens with one attached hydrogen (secondary N) is 1. The molecule has 5 heteroatoms. The number of carboxylic acid groups (broad SMARTS) is 1. The van der Waals surface area contributed by atoms with Gasteiger partial charge in [0, 0.05) is 6.42 Å². The minimum Gasteiger partial charge on any atom is -0.480 e. The molecular formula is C13H17NO4. The number of amides is 1. The highest BCUT2D eigenvalue weighted by Gasteiger charge is 2.35. The lowest BCUT2D eigenvalue weighted by Gasteiger charge is -2.25. The summed E-state index contributed by atoms with van der Waals surface area (Å²) in [6.07, 6.45) is -0.527. The smallest absolute Gasteiger partial charge is 0.408 e. The first-order chi connectivity index (χ1) is 8.48. The monoisotopic (exact) mass is 251 g/mol. The van der Waals surface area contributed by atoms with Gasteiger partial charge in [-0.25, -0.2) is 9.59 Å². The van der Waals surface area contributed by atoms with E-state index in [4.69, 9.17) is 4.74 Å². The molecule has 1 amide bonds. The van der Waals surface area contributed by atoms with Crippen LogP contribution in [0.15, 0.2) is 30.3 Å². The van der Waals surface area contributed by atoms with Gasteiger partial charge in [-0.15, -0.1) is 0 Å². The topological polar surface area (TPSA) is 75.6 Å². The van der Waals surface area contributed by atoms with Crippen LogP contribution in [0.3, 0.4) is 0 Å². The number of rotatable bonds is 5. The summed E-state index contributed by atoms with van der Waals surface area (Å²) in [5, 5.41) is 11.6. The number of hydrogen-bond donors (Lipinski definition) is 2. The van der Waals surface area contributed by atoms with Gasteiger partial charge in [0.05, 0.1) is 6.61 Å². The third kappa shape index (κ3) is 3.76. The maximum absolute atomic E-state index is 11.4. The predicted molar refractivity (Wildman–Crippen MR) is 66.3 cm³/mol. The lowest BCUT2D eigenvalue weighted by atomic mass is 9.93. The Morgan fingerprint density at radius 3 is 2.44 bits per heavy atom. The van der Waals surface area contributed by atoms with Crippen molar-refractivity contribution in [2.75, 3.05) is 6.61 Å². The molecule has 0 aliphatic carbocycles. The zero-order chi connectivity index (χ0) is 13.6. The van der Waals surface area contributed by atoms with Crippen LogP contribution < -0.4 is 5.32 Å². The number of alkyl carbamates (subject to hydrolysis) is 1. The molecule has 2 N–H and O–H groups in total. The Morgan fingerprint density at radius 2 is 1.94 bits per heavy atom. The van der Waals surface area contributed by atoms with E-state index >= 15 is 0 Å². The molecule has 1 aromatic rings. The largest absolute Gasteiger partial charge is 0.480 e. The summed E-state index contributed by atoms with van der Waals surface area (Å²) in [4.78, 5) is 22.7. The predicted octanol–water partition coefficient (Wildman–Crippen LogP) is 1.82. The summed E-state index contributed by atoms with van der Waals surface area (Å²) in [6.45, 7) is 3.32.